The molecule has 4 nitrogen and oxygen atoms in total. The third-order valence-electron chi connectivity index (χ3n) is 3.55. The van der Waals surface area contributed by atoms with Gasteiger partial charge >= 0.3 is 0 Å². The van der Waals surface area contributed by atoms with E-state index in [1.165, 1.54) is 12.3 Å². The van der Waals surface area contributed by atoms with Crippen LogP contribution < -0.4 is 4.74 Å². The zero-order valence-corrected chi connectivity index (χ0v) is 11.4. The number of hydrogen-bond donors (Lipinski definition) is 0. The van der Waals surface area contributed by atoms with Crippen LogP contribution in [0.5, 0.6) is 5.75 Å². The molecule has 3 rings (SSSR count). The molecule has 2 heterocycles. The van der Waals surface area contributed by atoms with Crippen LogP contribution in [0, 0.1) is 5.82 Å². The molecule has 21 heavy (non-hydrogen) atoms. The standard InChI is InChI=1S/C16H15FN2O2/c17-13-8-15(10-18-9-13)21-11-14-6-7-19(14)16(20)12-4-2-1-3-5-12/h1-5,8-10,14H,6-7,11H2/t14-/m0/s1. The van der Waals surface area contributed by atoms with Crippen LogP contribution >= 0.6 is 0 Å². The molecule has 1 fully saturated rings. The van der Waals surface area contributed by atoms with Crippen LogP contribution in [0.25, 0.3) is 0 Å². The van der Waals surface area contributed by atoms with Crippen molar-refractivity contribution in [2.75, 3.05) is 13.2 Å². The molecule has 0 unspecified atom stereocenters. The van der Waals surface area contributed by atoms with E-state index >= 15 is 0 Å². The zero-order chi connectivity index (χ0) is 14.7. The predicted molar refractivity (Wildman–Crippen MR) is 75.6 cm³/mol. The van der Waals surface area contributed by atoms with E-state index in [9.17, 15) is 9.18 Å². The van der Waals surface area contributed by atoms with Gasteiger partial charge in [0.05, 0.1) is 18.4 Å². The number of ether oxygens (including phenoxy) is 1. The van der Waals surface area contributed by atoms with Crippen molar-refractivity contribution in [3.05, 3.63) is 60.2 Å². The number of halogens is 1. The Bertz CT molecular complexity index is 633. The van der Waals surface area contributed by atoms with Crippen LogP contribution in [-0.2, 0) is 0 Å². The number of carbonyl (C=O) groups excluding carboxylic acids is 1. The van der Waals surface area contributed by atoms with Gasteiger partial charge in [0.15, 0.2) is 0 Å². The number of carbonyl (C=O) groups is 1. The molecule has 0 N–H and O–H groups in total. The van der Waals surface area contributed by atoms with Gasteiger partial charge in [-0.3, -0.25) is 9.78 Å². The fourth-order valence-corrected chi connectivity index (χ4v) is 2.29. The minimum absolute atomic E-state index is 0.00724. The quantitative estimate of drug-likeness (QED) is 0.867. The second-order valence-corrected chi connectivity index (χ2v) is 4.96. The largest absolute Gasteiger partial charge is 0.490 e. The number of rotatable bonds is 4. The minimum Gasteiger partial charge on any atom is -0.490 e. The van der Waals surface area contributed by atoms with Gasteiger partial charge in [-0.25, -0.2) is 4.39 Å². The van der Waals surface area contributed by atoms with Crippen LogP contribution in [0.15, 0.2) is 48.8 Å². The van der Waals surface area contributed by atoms with E-state index in [1.54, 1.807) is 17.0 Å². The molecule has 1 amide bonds. The van der Waals surface area contributed by atoms with E-state index in [0.29, 0.717) is 17.9 Å². The third-order valence-corrected chi connectivity index (χ3v) is 3.55. The van der Waals surface area contributed by atoms with E-state index in [4.69, 9.17) is 4.74 Å². The fourth-order valence-electron chi connectivity index (χ4n) is 2.29. The van der Waals surface area contributed by atoms with Gasteiger partial charge < -0.3 is 9.64 Å². The molecule has 1 aromatic carbocycles. The van der Waals surface area contributed by atoms with Crippen molar-refractivity contribution in [3.8, 4) is 5.75 Å². The Labute approximate surface area is 122 Å². The van der Waals surface area contributed by atoms with E-state index in [-0.39, 0.29) is 11.9 Å². The van der Waals surface area contributed by atoms with Crippen LogP contribution in [0.2, 0.25) is 0 Å². The highest BCUT2D eigenvalue weighted by Gasteiger charge is 2.33. The Morgan fingerprint density at radius 2 is 2.14 bits per heavy atom. The summed E-state index contributed by atoms with van der Waals surface area (Å²) >= 11 is 0. The summed E-state index contributed by atoms with van der Waals surface area (Å²) in [5, 5.41) is 0. The van der Waals surface area contributed by atoms with Crippen molar-refractivity contribution in [1.29, 1.82) is 0 Å². The highest BCUT2D eigenvalue weighted by Crippen LogP contribution is 2.22. The molecule has 1 aliphatic rings. The molecule has 1 atom stereocenters. The maximum absolute atomic E-state index is 13.0. The second-order valence-electron chi connectivity index (χ2n) is 4.96. The monoisotopic (exact) mass is 286 g/mol. The summed E-state index contributed by atoms with van der Waals surface area (Å²) in [5.74, 6) is -0.0415. The molecule has 0 aliphatic carbocycles. The summed E-state index contributed by atoms with van der Waals surface area (Å²) in [4.78, 5) is 17.8. The topological polar surface area (TPSA) is 42.4 Å². The van der Waals surface area contributed by atoms with E-state index in [0.717, 1.165) is 19.2 Å². The van der Waals surface area contributed by atoms with Gasteiger partial charge in [0.1, 0.15) is 18.2 Å². The van der Waals surface area contributed by atoms with Gasteiger partial charge in [-0.2, -0.15) is 0 Å². The maximum atomic E-state index is 13.0. The summed E-state index contributed by atoms with van der Waals surface area (Å²) in [6.45, 7) is 1.08. The fraction of sp³-hybridized carbons (Fsp3) is 0.250. The lowest BCUT2D eigenvalue weighted by atomic mass is 10.0. The van der Waals surface area contributed by atoms with E-state index < -0.39 is 5.82 Å². The maximum Gasteiger partial charge on any atom is 0.254 e. The molecule has 0 saturated carbocycles. The lowest BCUT2D eigenvalue weighted by molar-refractivity contribution is 0.0332. The summed E-state index contributed by atoms with van der Waals surface area (Å²) in [6.07, 6.45) is 3.48. The Kier molecular flexibility index (Phi) is 3.81. The van der Waals surface area contributed by atoms with Crippen LogP contribution in [0.3, 0.4) is 0 Å². The normalized spacial score (nSPS) is 17.2. The van der Waals surface area contributed by atoms with Crippen molar-refractivity contribution in [2.45, 2.75) is 12.5 Å². The van der Waals surface area contributed by atoms with Gasteiger partial charge in [-0.15, -0.1) is 0 Å². The molecule has 0 radical (unpaired) electrons. The molecule has 1 aromatic heterocycles. The SMILES string of the molecule is O=C(c1ccccc1)N1CC[C@H]1COc1cncc(F)c1. The van der Waals surface area contributed by atoms with Crippen molar-refractivity contribution in [2.24, 2.45) is 0 Å². The van der Waals surface area contributed by atoms with Gasteiger partial charge in [-0.1, -0.05) is 18.2 Å². The molecule has 0 spiro atoms. The summed E-state index contributed by atoms with van der Waals surface area (Å²) in [7, 11) is 0. The number of aromatic nitrogens is 1. The predicted octanol–water partition coefficient (Wildman–Crippen LogP) is 2.51. The summed E-state index contributed by atoms with van der Waals surface area (Å²) in [5.41, 5.74) is 0.676. The van der Waals surface area contributed by atoms with Gasteiger partial charge in [0, 0.05) is 18.2 Å². The van der Waals surface area contributed by atoms with Crippen LogP contribution in [0.1, 0.15) is 16.8 Å². The summed E-state index contributed by atoms with van der Waals surface area (Å²) in [6, 6.07) is 10.5. The first-order valence-electron chi connectivity index (χ1n) is 6.83. The molecule has 5 heteroatoms. The smallest absolute Gasteiger partial charge is 0.254 e. The number of likely N-dealkylation sites (tertiary alicyclic amines) is 1. The van der Waals surface area contributed by atoms with Crippen LogP contribution in [0.4, 0.5) is 4.39 Å². The first kappa shape index (κ1) is 13.5. The lowest BCUT2D eigenvalue weighted by Gasteiger charge is -2.40. The Morgan fingerprint density at radius 1 is 1.33 bits per heavy atom. The highest BCUT2D eigenvalue weighted by atomic mass is 19.1. The minimum atomic E-state index is -0.432. The molecule has 2 aromatic rings. The first-order chi connectivity index (χ1) is 10.2. The summed E-state index contributed by atoms with van der Waals surface area (Å²) < 4.78 is 18.5. The number of nitrogens with zero attached hydrogens (tertiary/aromatic N) is 2. The van der Waals surface area contributed by atoms with Crippen molar-refractivity contribution in [3.63, 3.8) is 0 Å². The van der Waals surface area contributed by atoms with Crippen LogP contribution in [-0.4, -0.2) is 35.0 Å². The molecule has 108 valence electrons. The van der Waals surface area contributed by atoms with E-state index in [1.807, 2.05) is 18.2 Å². The lowest BCUT2D eigenvalue weighted by Crippen LogP contribution is -2.53. The molecule has 0 bridgehead atoms. The molecule has 1 saturated heterocycles. The van der Waals surface area contributed by atoms with E-state index in [2.05, 4.69) is 4.98 Å². The van der Waals surface area contributed by atoms with Gasteiger partial charge in [0.25, 0.3) is 5.91 Å². The average molecular weight is 286 g/mol. The number of hydrogen-bond acceptors (Lipinski definition) is 3. The highest BCUT2D eigenvalue weighted by molar-refractivity contribution is 5.94. The number of benzene rings is 1. The average Bonchev–Trinajstić information content (AvgIpc) is 2.47. The van der Waals surface area contributed by atoms with Crippen molar-refractivity contribution >= 4 is 5.91 Å². The zero-order valence-electron chi connectivity index (χ0n) is 11.4. The second kappa shape index (κ2) is 5.91. The first-order valence-corrected chi connectivity index (χ1v) is 6.83. The molecule has 1 aliphatic heterocycles. The Hall–Kier alpha value is -2.43. The number of amides is 1. The molecular weight excluding hydrogens is 271 g/mol. The third kappa shape index (κ3) is 3.02. The number of pyridine rings is 1. The van der Waals surface area contributed by atoms with Gasteiger partial charge in [-0.05, 0) is 18.6 Å². The molecular formula is C16H15FN2O2. The van der Waals surface area contributed by atoms with Crippen molar-refractivity contribution < 1.29 is 13.9 Å². The Morgan fingerprint density at radius 3 is 2.81 bits per heavy atom. The van der Waals surface area contributed by atoms with Gasteiger partial charge in [0.2, 0.25) is 0 Å². The Balaban J connectivity index is 1.59. The van der Waals surface area contributed by atoms with Crippen molar-refractivity contribution in [1.82, 2.24) is 9.88 Å².